The summed E-state index contributed by atoms with van der Waals surface area (Å²) in [6.45, 7) is 8.94. The number of piperidine rings is 1. The molecule has 0 radical (unpaired) electrons. The maximum Gasteiger partial charge on any atom is 0.405 e. The van der Waals surface area contributed by atoms with Gasteiger partial charge in [0.2, 0.25) is 0 Å². The van der Waals surface area contributed by atoms with Gasteiger partial charge in [0, 0.05) is 24.8 Å². The maximum absolute atomic E-state index is 14.0. The molecule has 2 rings (SSSR count). The highest BCUT2D eigenvalue weighted by Crippen LogP contribution is 2.47. The zero-order valence-corrected chi connectivity index (χ0v) is 18.2. The zero-order chi connectivity index (χ0) is 22.3. The number of nitrogens with zero attached hydrogens (tertiary/aromatic N) is 1. The predicted molar refractivity (Wildman–Crippen MR) is 106 cm³/mol. The molecule has 2 heterocycles. The molecule has 1 aromatic rings. The van der Waals surface area contributed by atoms with Crippen LogP contribution in [0.3, 0.4) is 0 Å². The normalized spacial score (nSPS) is 26.2. The lowest BCUT2D eigenvalue weighted by Crippen LogP contribution is -2.70. The van der Waals surface area contributed by atoms with Crippen LogP contribution in [0.1, 0.15) is 26.3 Å². The Labute approximate surface area is 169 Å². The van der Waals surface area contributed by atoms with E-state index < -0.39 is 38.1 Å². The number of halogens is 3. The molecule has 5 N–H and O–H groups in total. The molecule has 164 valence electrons. The molecule has 0 unspecified atom stereocenters. The zero-order valence-electron chi connectivity index (χ0n) is 17.2. The molecule has 29 heavy (non-hydrogen) atoms. The highest BCUT2D eigenvalue weighted by atomic mass is 28.4. The summed E-state index contributed by atoms with van der Waals surface area (Å²) < 4.78 is 48.4. The standard InChI is InChI=1S/C18H29F3N4O3Si/c1-16(2,3)29(4,5)28-14-12(18(19,20)21)8-24-10-17(14,25-15(26)27)11-6-7-23-9-13(11)22/h6-7,9,12,14,24-25H,8,10,22H2,1-5H3,(H,26,27)/t12-,14+,17-/m0/s1. The largest absolute Gasteiger partial charge is 0.465 e. The predicted octanol–water partition coefficient (Wildman–Crippen LogP) is 3.30. The molecule has 1 saturated heterocycles. The number of carboxylic acid groups (broad SMARTS) is 1. The Balaban J connectivity index is 2.72. The van der Waals surface area contributed by atoms with Crippen LogP contribution in [0.5, 0.6) is 0 Å². The second-order valence-electron chi connectivity index (χ2n) is 8.94. The number of anilines is 1. The molecule has 1 fully saturated rings. The lowest BCUT2D eigenvalue weighted by Gasteiger charge is -2.52. The van der Waals surface area contributed by atoms with Crippen LogP contribution in [0, 0.1) is 5.92 Å². The van der Waals surface area contributed by atoms with Gasteiger partial charge in [-0.25, -0.2) is 4.79 Å². The van der Waals surface area contributed by atoms with Crippen LogP contribution in [-0.4, -0.2) is 49.9 Å². The van der Waals surface area contributed by atoms with E-state index in [1.807, 2.05) is 33.9 Å². The van der Waals surface area contributed by atoms with Crippen LogP contribution in [0.2, 0.25) is 18.1 Å². The molecule has 1 aliphatic rings. The van der Waals surface area contributed by atoms with Crippen molar-refractivity contribution in [2.45, 2.75) is 56.7 Å². The fraction of sp³-hybridized carbons (Fsp3) is 0.667. The van der Waals surface area contributed by atoms with Gasteiger partial charge in [0.05, 0.1) is 23.9 Å². The molecule has 3 atom stereocenters. The van der Waals surface area contributed by atoms with E-state index in [1.165, 1.54) is 18.5 Å². The van der Waals surface area contributed by atoms with Gasteiger partial charge in [0.25, 0.3) is 0 Å². The number of nitrogen functional groups attached to an aromatic ring is 1. The summed E-state index contributed by atoms with van der Waals surface area (Å²) in [5.74, 6) is -1.93. The number of nitrogens with one attached hydrogen (secondary N) is 2. The number of hydrogen-bond acceptors (Lipinski definition) is 5. The van der Waals surface area contributed by atoms with Crippen LogP contribution in [0.15, 0.2) is 18.5 Å². The first-order valence-electron chi connectivity index (χ1n) is 9.28. The Hall–Kier alpha value is -1.85. The monoisotopic (exact) mass is 434 g/mol. The van der Waals surface area contributed by atoms with Gasteiger partial charge in [-0.2, -0.15) is 13.2 Å². The summed E-state index contributed by atoms with van der Waals surface area (Å²) in [7, 11) is -2.72. The molecule has 0 aromatic carbocycles. The average Bonchev–Trinajstić information content (AvgIpc) is 2.54. The molecule has 0 saturated carbocycles. The van der Waals surface area contributed by atoms with Gasteiger partial charge in [-0.1, -0.05) is 20.8 Å². The first-order chi connectivity index (χ1) is 13.1. The van der Waals surface area contributed by atoms with E-state index in [2.05, 4.69) is 15.6 Å². The molecule has 1 amide bonds. The van der Waals surface area contributed by atoms with Crippen LogP contribution in [-0.2, 0) is 9.96 Å². The van der Waals surface area contributed by atoms with Crippen molar-refractivity contribution < 1.29 is 27.5 Å². The fourth-order valence-electron chi connectivity index (χ4n) is 3.38. The van der Waals surface area contributed by atoms with Gasteiger partial charge in [0.15, 0.2) is 8.32 Å². The smallest absolute Gasteiger partial charge is 0.405 e. The maximum atomic E-state index is 14.0. The fourth-order valence-corrected chi connectivity index (χ4v) is 4.73. The third-order valence-electron chi connectivity index (χ3n) is 5.93. The number of nitrogens with two attached hydrogens (primary N) is 1. The summed E-state index contributed by atoms with van der Waals surface area (Å²) in [5, 5.41) is 14.2. The second kappa shape index (κ2) is 7.76. The SMILES string of the molecule is CC(C)(C)[Si](C)(C)O[C@@H]1[C@@H](C(F)(F)F)CNC[C@]1(NC(=O)O)c1ccncc1N. The van der Waals surface area contributed by atoms with E-state index in [0.29, 0.717) is 0 Å². The number of alkyl halides is 3. The number of pyridine rings is 1. The van der Waals surface area contributed by atoms with E-state index >= 15 is 0 Å². The van der Waals surface area contributed by atoms with Crippen molar-refractivity contribution in [3.05, 3.63) is 24.0 Å². The van der Waals surface area contributed by atoms with Crippen molar-refractivity contribution >= 4 is 20.1 Å². The Morgan fingerprint density at radius 3 is 2.52 bits per heavy atom. The van der Waals surface area contributed by atoms with Crippen molar-refractivity contribution in [1.82, 2.24) is 15.6 Å². The van der Waals surface area contributed by atoms with Crippen molar-refractivity contribution in [1.29, 1.82) is 0 Å². The van der Waals surface area contributed by atoms with Crippen molar-refractivity contribution in [3.8, 4) is 0 Å². The Morgan fingerprint density at radius 1 is 1.41 bits per heavy atom. The molecule has 11 heteroatoms. The highest BCUT2D eigenvalue weighted by molar-refractivity contribution is 6.74. The number of amides is 1. The van der Waals surface area contributed by atoms with E-state index in [0.717, 1.165) is 0 Å². The summed E-state index contributed by atoms with van der Waals surface area (Å²) >= 11 is 0. The molecule has 0 spiro atoms. The third kappa shape index (κ3) is 4.67. The quantitative estimate of drug-likeness (QED) is 0.542. The van der Waals surface area contributed by atoms with Gasteiger partial charge >= 0.3 is 12.3 Å². The third-order valence-corrected chi connectivity index (χ3v) is 10.4. The van der Waals surface area contributed by atoms with Gasteiger partial charge in [-0.15, -0.1) is 0 Å². The van der Waals surface area contributed by atoms with Crippen LogP contribution < -0.4 is 16.4 Å². The molecule has 0 aliphatic carbocycles. The number of carbonyl (C=O) groups is 1. The molecule has 0 bridgehead atoms. The summed E-state index contributed by atoms with van der Waals surface area (Å²) in [6, 6.07) is 1.44. The minimum atomic E-state index is -4.60. The lowest BCUT2D eigenvalue weighted by molar-refractivity contribution is -0.213. The first kappa shape index (κ1) is 23.4. The Kier molecular flexibility index (Phi) is 6.27. The number of aromatic nitrogens is 1. The molecular formula is C18H29F3N4O3Si. The van der Waals surface area contributed by atoms with E-state index in [4.69, 9.17) is 10.2 Å². The van der Waals surface area contributed by atoms with Gasteiger partial charge < -0.3 is 25.9 Å². The minimum absolute atomic E-state index is 0.0923. The number of rotatable bonds is 4. The van der Waals surface area contributed by atoms with E-state index in [1.54, 1.807) is 0 Å². The molecule has 1 aliphatic heterocycles. The van der Waals surface area contributed by atoms with Crippen molar-refractivity contribution in [2.75, 3.05) is 18.8 Å². The topological polar surface area (TPSA) is 110 Å². The second-order valence-corrected chi connectivity index (χ2v) is 13.7. The highest BCUT2D eigenvalue weighted by Gasteiger charge is 2.60. The minimum Gasteiger partial charge on any atom is -0.465 e. The van der Waals surface area contributed by atoms with Crippen LogP contribution >= 0.6 is 0 Å². The van der Waals surface area contributed by atoms with Gasteiger partial charge in [-0.3, -0.25) is 4.98 Å². The number of hydrogen-bond donors (Lipinski definition) is 4. The lowest BCUT2D eigenvalue weighted by atomic mass is 9.75. The Morgan fingerprint density at radius 2 is 2.03 bits per heavy atom. The van der Waals surface area contributed by atoms with Crippen LogP contribution in [0.4, 0.5) is 23.7 Å². The molecular weight excluding hydrogens is 405 g/mol. The van der Waals surface area contributed by atoms with E-state index in [-0.39, 0.29) is 29.4 Å². The van der Waals surface area contributed by atoms with E-state index in [9.17, 15) is 23.1 Å². The van der Waals surface area contributed by atoms with Crippen LogP contribution in [0.25, 0.3) is 0 Å². The first-order valence-corrected chi connectivity index (χ1v) is 12.2. The summed E-state index contributed by atoms with van der Waals surface area (Å²) in [5.41, 5.74) is 4.60. The summed E-state index contributed by atoms with van der Waals surface area (Å²) in [6.07, 6.45) is -4.90. The molecule has 1 aromatic heterocycles. The van der Waals surface area contributed by atoms with Crippen molar-refractivity contribution in [2.24, 2.45) is 5.92 Å². The summed E-state index contributed by atoms with van der Waals surface area (Å²) in [4.78, 5) is 15.6. The van der Waals surface area contributed by atoms with Crippen molar-refractivity contribution in [3.63, 3.8) is 0 Å². The Bertz CT molecular complexity index is 755. The molecule has 7 nitrogen and oxygen atoms in total. The van der Waals surface area contributed by atoms with Gasteiger partial charge in [0.1, 0.15) is 5.54 Å². The van der Waals surface area contributed by atoms with Gasteiger partial charge in [-0.05, 0) is 24.2 Å². The average molecular weight is 435 g/mol.